The highest BCUT2D eigenvalue weighted by Gasteiger charge is 2.36. The summed E-state index contributed by atoms with van der Waals surface area (Å²) in [7, 11) is -4.25. The number of nitrogens with two attached hydrogens (primary N) is 1. The molecule has 10 nitrogen and oxygen atoms in total. The van der Waals surface area contributed by atoms with Crippen LogP contribution in [-0.4, -0.2) is 47.5 Å². The number of amides is 1. The molecule has 0 bridgehead atoms. The van der Waals surface area contributed by atoms with Gasteiger partial charge < -0.3 is 15.4 Å². The Morgan fingerprint density at radius 3 is 2.42 bits per heavy atom. The highest BCUT2D eigenvalue weighted by molar-refractivity contribution is 7.90. The van der Waals surface area contributed by atoms with Gasteiger partial charge in [0, 0.05) is 19.6 Å². The van der Waals surface area contributed by atoms with Crippen LogP contribution in [0.5, 0.6) is 5.88 Å². The maximum Gasteiger partial charge on any atom is 0.281 e. The van der Waals surface area contributed by atoms with E-state index in [1.807, 2.05) is 24.0 Å². The van der Waals surface area contributed by atoms with Crippen molar-refractivity contribution in [3.05, 3.63) is 54.1 Å². The zero-order valence-electron chi connectivity index (χ0n) is 22.3. The zero-order chi connectivity index (χ0) is 27.7. The lowest BCUT2D eigenvalue weighted by molar-refractivity contribution is 0.0981. The number of aromatic nitrogens is 3. The van der Waals surface area contributed by atoms with Crippen molar-refractivity contribution >= 4 is 27.6 Å². The Morgan fingerprint density at radius 2 is 1.76 bits per heavy atom. The van der Waals surface area contributed by atoms with Crippen LogP contribution in [0.1, 0.15) is 59.2 Å². The smallest absolute Gasteiger partial charge is 0.281 e. The number of nitrogens with one attached hydrogen (secondary N) is 1. The molecular weight excluding hydrogens is 504 g/mol. The Morgan fingerprint density at radius 1 is 1.05 bits per heavy atom. The Labute approximate surface area is 225 Å². The van der Waals surface area contributed by atoms with E-state index in [0.717, 1.165) is 12.8 Å². The van der Waals surface area contributed by atoms with Gasteiger partial charge in [-0.15, -0.1) is 0 Å². The first kappa shape index (κ1) is 27.3. The fourth-order valence-corrected chi connectivity index (χ4v) is 5.18. The number of anilines is 2. The van der Waals surface area contributed by atoms with E-state index in [2.05, 4.69) is 42.4 Å². The van der Waals surface area contributed by atoms with Gasteiger partial charge in [0.05, 0.1) is 23.1 Å². The quantitative estimate of drug-likeness (QED) is 0.428. The number of sulfonamides is 1. The molecule has 204 valence electrons. The Balaban J connectivity index is 0.00000420. The van der Waals surface area contributed by atoms with Crippen molar-refractivity contribution in [3.8, 4) is 17.3 Å². The molecule has 0 aromatic carbocycles. The first-order valence-corrected chi connectivity index (χ1v) is 14.1. The molecule has 3 aromatic heterocycles. The van der Waals surface area contributed by atoms with Gasteiger partial charge >= 0.3 is 0 Å². The third-order valence-corrected chi connectivity index (χ3v) is 7.99. The molecule has 1 aliphatic heterocycles. The molecular formula is C27H36N6O4S. The normalized spacial score (nSPS) is 15.9. The lowest BCUT2D eigenvalue weighted by atomic mass is 10.0. The third-order valence-electron chi connectivity index (χ3n) is 6.76. The SMILES string of the molecule is CC(C)C(C)Oc1cccc(-c2ccc(C(=O)NS(=O)(=O)c3cccc(N)n3)c(N3CCCC3(C)C)n2)n1.[HH]. The maximum atomic E-state index is 13.3. The molecule has 1 aliphatic rings. The van der Waals surface area contributed by atoms with Crippen LogP contribution in [0, 0.1) is 5.92 Å². The number of pyridine rings is 3. The maximum absolute atomic E-state index is 13.3. The van der Waals surface area contributed by atoms with Gasteiger partial charge in [-0.3, -0.25) is 4.79 Å². The molecule has 38 heavy (non-hydrogen) atoms. The summed E-state index contributed by atoms with van der Waals surface area (Å²) in [6, 6.07) is 12.9. The number of carbonyl (C=O) groups is 1. The minimum absolute atomic E-state index is 0. The van der Waals surface area contributed by atoms with Crippen LogP contribution in [0.25, 0.3) is 11.4 Å². The zero-order valence-corrected chi connectivity index (χ0v) is 23.1. The van der Waals surface area contributed by atoms with Gasteiger partial charge in [-0.2, -0.15) is 8.42 Å². The third kappa shape index (κ3) is 5.88. The molecule has 1 saturated heterocycles. The number of hydrogen-bond acceptors (Lipinski definition) is 9. The molecule has 1 amide bonds. The Kier molecular flexibility index (Phi) is 7.59. The van der Waals surface area contributed by atoms with Gasteiger partial charge in [0.25, 0.3) is 15.9 Å². The summed E-state index contributed by atoms with van der Waals surface area (Å²) in [5.41, 5.74) is 6.62. The summed E-state index contributed by atoms with van der Waals surface area (Å²) in [6.07, 6.45) is 1.80. The standard InChI is InChI=1S/C27H34N6O4S.H2/c1-17(2)18(3)37-23-11-6-9-20(29-23)21-14-13-19(25(30-21)33-16-8-15-27(33,4)5)26(34)32-38(35,36)24-12-7-10-22(28)31-24;/h6-7,9-14,17-18H,8,15-16H2,1-5H3,(H2,28,31)(H,32,34);1H. The van der Waals surface area contributed by atoms with Crippen LogP contribution < -0.4 is 20.1 Å². The first-order chi connectivity index (χ1) is 17.9. The monoisotopic (exact) mass is 540 g/mol. The number of ether oxygens (including phenoxy) is 1. The highest BCUT2D eigenvalue weighted by Crippen LogP contribution is 2.36. The summed E-state index contributed by atoms with van der Waals surface area (Å²) in [4.78, 5) is 28.7. The number of nitrogens with zero attached hydrogens (tertiary/aromatic N) is 4. The lowest BCUT2D eigenvalue weighted by Crippen LogP contribution is -2.41. The second kappa shape index (κ2) is 10.6. The van der Waals surface area contributed by atoms with Gasteiger partial charge in [0.1, 0.15) is 11.6 Å². The number of hydrogen-bond donors (Lipinski definition) is 2. The van der Waals surface area contributed by atoms with Crippen LogP contribution in [0.2, 0.25) is 0 Å². The van der Waals surface area contributed by atoms with E-state index in [1.54, 1.807) is 18.2 Å². The topological polar surface area (TPSA) is 140 Å². The average molecular weight is 541 g/mol. The molecule has 1 fully saturated rings. The fourth-order valence-electron chi connectivity index (χ4n) is 4.23. The van der Waals surface area contributed by atoms with Crippen molar-refractivity contribution in [2.45, 2.75) is 64.1 Å². The summed E-state index contributed by atoms with van der Waals surface area (Å²) in [5.74, 6) is 0.423. The molecule has 4 rings (SSSR count). The van der Waals surface area contributed by atoms with Crippen LogP contribution in [0.4, 0.5) is 11.6 Å². The van der Waals surface area contributed by atoms with Crippen molar-refractivity contribution in [2.75, 3.05) is 17.2 Å². The highest BCUT2D eigenvalue weighted by atomic mass is 32.2. The molecule has 0 saturated carbocycles. The summed E-state index contributed by atoms with van der Waals surface area (Å²) < 4.78 is 33.9. The van der Waals surface area contributed by atoms with Gasteiger partial charge in [-0.25, -0.2) is 19.7 Å². The lowest BCUT2D eigenvalue weighted by Gasteiger charge is -2.34. The minimum Gasteiger partial charge on any atom is -0.474 e. The van der Waals surface area contributed by atoms with Crippen molar-refractivity contribution < 1.29 is 19.4 Å². The molecule has 0 spiro atoms. The minimum atomic E-state index is -4.25. The fraction of sp³-hybridized carbons (Fsp3) is 0.407. The van der Waals surface area contributed by atoms with Gasteiger partial charge in [-0.1, -0.05) is 26.0 Å². The number of rotatable bonds is 8. The number of carbonyl (C=O) groups excluding carboxylic acids is 1. The van der Waals surface area contributed by atoms with Gasteiger partial charge in [0.2, 0.25) is 5.88 Å². The molecule has 0 aliphatic carbocycles. The van der Waals surface area contributed by atoms with Crippen LogP contribution in [0.15, 0.2) is 53.6 Å². The summed E-state index contributed by atoms with van der Waals surface area (Å²) in [5, 5.41) is -0.338. The molecule has 0 radical (unpaired) electrons. The summed E-state index contributed by atoms with van der Waals surface area (Å²) in [6.45, 7) is 11.0. The van der Waals surface area contributed by atoms with Crippen LogP contribution in [-0.2, 0) is 10.0 Å². The number of nitrogen functional groups attached to an aromatic ring is 1. The van der Waals surface area contributed by atoms with Crippen molar-refractivity contribution in [1.29, 1.82) is 0 Å². The molecule has 1 unspecified atom stereocenters. The second-order valence-electron chi connectivity index (χ2n) is 10.4. The van der Waals surface area contributed by atoms with E-state index >= 15 is 0 Å². The van der Waals surface area contributed by atoms with Crippen molar-refractivity contribution in [1.82, 2.24) is 19.7 Å². The molecule has 11 heteroatoms. The predicted molar refractivity (Wildman–Crippen MR) is 148 cm³/mol. The average Bonchev–Trinajstić information content (AvgIpc) is 3.22. The second-order valence-corrected chi connectivity index (χ2v) is 12.0. The largest absolute Gasteiger partial charge is 0.474 e. The van der Waals surface area contributed by atoms with Gasteiger partial charge in [0.15, 0.2) is 5.03 Å². The first-order valence-electron chi connectivity index (χ1n) is 12.6. The summed E-state index contributed by atoms with van der Waals surface area (Å²) >= 11 is 0. The van der Waals surface area contributed by atoms with E-state index in [1.165, 1.54) is 18.2 Å². The van der Waals surface area contributed by atoms with Crippen molar-refractivity contribution in [2.24, 2.45) is 5.92 Å². The van der Waals surface area contributed by atoms with E-state index in [0.29, 0.717) is 35.5 Å². The van der Waals surface area contributed by atoms with E-state index in [9.17, 15) is 13.2 Å². The Hall–Kier alpha value is -3.73. The van der Waals surface area contributed by atoms with Crippen LogP contribution >= 0.6 is 0 Å². The Bertz CT molecular complexity index is 1450. The van der Waals surface area contributed by atoms with E-state index in [4.69, 9.17) is 15.5 Å². The molecule has 4 heterocycles. The predicted octanol–water partition coefficient (Wildman–Crippen LogP) is 4.29. The molecule has 3 aromatic rings. The van der Waals surface area contributed by atoms with Crippen molar-refractivity contribution in [3.63, 3.8) is 0 Å². The van der Waals surface area contributed by atoms with E-state index in [-0.39, 0.29) is 29.5 Å². The van der Waals surface area contributed by atoms with Gasteiger partial charge in [-0.05, 0) is 69.9 Å². The van der Waals surface area contributed by atoms with Crippen LogP contribution in [0.3, 0.4) is 0 Å². The molecule has 1 atom stereocenters. The van der Waals surface area contributed by atoms with E-state index < -0.39 is 15.9 Å². The molecule has 3 N–H and O–H groups in total.